The molecule has 1 saturated heterocycles. The van der Waals surface area contributed by atoms with Crippen LogP contribution in [0.25, 0.3) is 0 Å². The highest BCUT2D eigenvalue weighted by Crippen LogP contribution is 2.23. The summed E-state index contributed by atoms with van der Waals surface area (Å²) in [4.78, 5) is 13.4. The first-order chi connectivity index (χ1) is 12.8. The van der Waals surface area contributed by atoms with E-state index >= 15 is 0 Å². The van der Waals surface area contributed by atoms with Gasteiger partial charge in [0.1, 0.15) is 0 Å². The number of amides is 1. The SMILES string of the molecule is Cc1ccc(S(=O)(=O)N2CCC(NC(=O)c3ccccc3S)CC2)cc1C. The van der Waals surface area contributed by atoms with Crippen molar-refractivity contribution in [1.29, 1.82) is 0 Å². The molecule has 0 aliphatic carbocycles. The number of aryl methyl sites for hydroxylation is 2. The van der Waals surface area contributed by atoms with E-state index in [4.69, 9.17) is 0 Å². The maximum Gasteiger partial charge on any atom is 0.252 e. The van der Waals surface area contributed by atoms with Crippen LogP contribution < -0.4 is 5.32 Å². The summed E-state index contributed by atoms with van der Waals surface area (Å²) in [6, 6.07) is 12.3. The van der Waals surface area contributed by atoms with Gasteiger partial charge in [0.2, 0.25) is 10.0 Å². The molecule has 1 aliphatic heterocycles. The first kappa shape index (κ1) is 19.9. The van der Waals surface area contributed by atoms with Crippen molar-refractivity contribution >= 4 is 28.6 Å². The Bertz CT molecular complexity index is 949. The van der Waals surface area contributed by atoms with Gasteiger partial charge in [-0.3, -0.25) is 4.79 Å². The van der Waals surface area contributed by atoms with Crippen molar-refractivity contribution in [2.45, 2.75) is 42.5 Å². The number of nitrogens with one attached hydrogen (secondary N) is 1. The van der Waals surface area contributed by atoms with Gasteiger partial charge >= 0.3 is 0 Å². The Kier molecular flexibility index (Phi) is 5.93. The van der Waals surface area contributed by atoms with Gasteiger partial charge in [-0.1, -0.05) is 18.2 Å². The number of thiol groups is 1. The first-order valence-corrected chi connectivity index (χ1v) is 10.8. The topological polar surface area (TPSA) is 66.5 Å². The van der Waals surface area contributed by atoms with Crippen LogP contribution in [0, 0.1) is 13.8 Å². The van der Waals surface area contributed by atoms with Gasteiger partial charge in [-0.15, -0.1) is 12.6 Å². The standard InChI is InChI=1S/C20H24N2O3S2/c1-14-7-8-17(13-15(14)2)27(24,25)22-11-9-16(10-12-22)21-20(23)18-5-3-4-6-19(18)26/h3-8,13,16,26H,9-12H2,1-2H3,(H,21,23). The highest BCUT2D eigenvalue weighted by molar-refractivity contribution is 7.89. The quantitative estimate of drug-likeness (QED) is 0.769. The predicted octanol–water partition coefficient (Wildman–Crippen LogP) is 3.18. The van der Waals surface area contributed by atoms with E-state index in [-0.39, 0.29) is 11.9 Å². The number of piperidine rings is 1. The molecule has 1 N–H and O–H groups in total. The Hall–Kier alpha value is -1.83. The van der Waals surface area contributed by atoms with E-state index in [2.05, 4.69) is 17.9 Å². The van der Waals surface area contributed by atoms with E-state index in [1.165, 1.54) is 4.31 Å². The highest BCUT2D eigenvalue weighted by atomic mass is 32.2. The zero-order valence-corrected chi connectivity index (χ0v) is 17.2. The molecular formula is C20H24N2O3S2. The number of benzene rings is 2. The van der Waals surface area contributed by atoms with Gasteiger partial charge in [0.25, 0.3) is 5.91 Å². The monoisotopic (exact) mass is 404 g/mol. The van der Waals surface area contributed by atoms with Crippen molar-refractivity contribution in [3.63, 3.8) is 0 Å². The summed E-state index contributed by atoms with van der Waals surface area (Å²) >= 11 is 4.31. The number of sulfonamides is 1. The summed E-state index contributed by atoms with van der Waals surface area (Å²) in [5, 5.41) is 3.00. The first-order valence-electron chi connectivity index (χ1n) is 8.95. The third kappa shape index (κ3) is 4.36. The van der Waals surface area contributed by atoms with E-state index in [0.29, 0.717) is 41.3 Å². The fourth-order valence-corrected chi connectivity index (χ4v) is 5.01. The predicted molar refractivity (Wildman–Crippen MR) is 109 cm³/mol. The average Bonchev–Trinajstić information content (AvgIpc) is 2.64. The number of rotatable bonds is 4. The second kappa shape index (κ2) is 8.04. The lowest BCUT2D eigenvalue weighted by Crippen LogP contribution is -2.46. The van der Waals surface area contributed by atoms with Crippen LogP contribution in [-0.2, 0) is 10.0 Å². The van der Waals surface area contributed by atoms with Crippen molar-refractivity contribution in [2.75, 3.05) is 13.1 Å². The van der Waals surface area contributed by atoms with Gasteiger partial charge in [-0.2, -0.15) is 4.31 Å². The average molecular weight is 405 g/mol. The van der Waals surface area contributed by atoms with Crippen molar-refractivity contribution in [3.05, 3.63) is 59.2 Å². The minimum Gasteiger partial charge on any atom is -0.349 e. The summed E-state index contributed by atoms with van der Waals surface area (Å²) < 4.78 is 27.3. The number of hydrogen-bond acceptors (Lipinski definition) is 4. The number of hydrogen-bond donors (Lipinski definition) is 2. The fraction of sp³-hybridized carbons (Fsp3) is 0.350. The Morgan fingerprint density at radius 3 is 2.37 bits per heavy atom. The van der Waals surface area contributed by atoms with E-state index in [9.17, 15) is 13.2 Å². The Balaban J connectivity index is 1.64. The summed E-state index contributed by atoms with van der Waals surface area (Å²) in [6.45, 7) is 4.66. The molecule has 1 fully saturated rings. The molecule has 5 nitrogen and oxygen atoms in total. The summed E-state index contributed by atoms with van der Waals surface area (Å²) in [6.07, 6.45) is 1.18. The molecule has 1 aliphatic rings. The molecule has 1 amide bonds. The summed E-state index contributed by atoms with van der Waals surface area (Å²) in [5.74, 6) is -0.170. The van der Waals surface area contributed by atoms with Gasteiger partial charge in [-0.05, 0) is 62.1 Å². The zero-order valence-electron chi connectivity index (χ0n) is 15.5. The molecule has 0 spiro atoms. The van der Waals surface area contributed by atoms with Crippen LogP contribution >= 0.6 is 12.6 Å². The van der Waals surface area contributed by atoms with Gasteiger partial charge < -0.3 is 5.32 Å². The maximum atomic E-state index is 12.9. The molecular weight excluding hydrogens is 380 g/mol. The smallest absolute Gasteiger partial charge is 0.252 e. The number of carbonyl (C=O) groups excluding carboxylic acids is 1. The Labute approximate surface area is 166 Å². The van der Waals surface area contributed by atoms with E-state index in [0.717, 1.165) is 11.1 Å². The number of nitrogens with zero attached hydrogens (tertiary/aromatic N) is 1. The van der Waals surface area contributed by atoms with Crippen LogP contribution in [0.4, 0.5) is 0 Å². The minimum atomic E-state index is -3.50. The fourth-order valence-electron chi connectivity index (χ4n) is 3.19. The molecule has 7 heteroatoms. The van der Waals surface area contributed by atoms with Gasteiger partial charge in [-0.25, -0.2) is 8.42 Å². The molecule has 1 heterocycles. The lowest BCUT2D eigenvalue weighted by molar-refractivity contribution is 0.0921. The Morgan fingerprint density at radius 1 is 1.07 bits per heavy atom. The second-order valence-corrected chi connectivity index (χ2v) is 9.33. The zero-order chi connectivity index (χ0) is 19.6. The molecule has 0 bridgehead atoms. The van der Waals surface area contributed by atoms with Crippen LogP contribution in [0.5, 0.6) is 0 Å². The molecule has 2 aromatic rings. The highest BCUT2D eigenvalue weighted by Gasteiger charge is 2.30. The van der Waals surface area contributed by atoms with Gasteiger partial charge in [0, 0.05) is 24.0 Å². The largest absolute Gasteiger partial charge is 0.349 e. The van der Waals surface area contributed by atoms with Crippen molar-refractivity contribution in [1.82, 2.24) is 9.62 Å². The van der Waals surface area contributed by atoms with E-state index in [1.807, 2.05) is 26.0 Å². The van der Waals surface area contributed by atoms with Crippen LogP contribution in [0.1, 0.15) is 34.3 Å². The van der Waals surface area contributed by atoms with Crippen LogP contribution in [0.15, 0.2) is 52.3 Å². The summed E-state index contributed by atoms with van der Waals surface area (Å²) in [5.41, 5.74) is 2.56. The third-order valence-electron chi connectivity index (χ3n) is 5.05. The van der Waals surface area contributed by atoms with Gasteiger partial charge in [0.15, 0.2) is 0 Å². The lowest BCUT2D eigenvalue weighted by atomic mass is 10.1. The maximum absolute atomic E-state index is 12.9. The third-order valence-corrected chi connectivity index (χ3v) is 7.34. The molecule has 0 aromatic heterocycles. The lowest BCUT2D eigenvalue weighted by Gasteiger charge is -2.31. The van der Waals surface area contributed by atoms with E-state index in [1.54, 1.807) is 30.3 Å². The molecule has 144 valence electrons. The molecule has 0 unspecified atom stereocenters. The van der Waals surface area contributed by atoms with Gasteiger partial charge in [0.05, 0.1) is 10.5 Å². The minimum absolute atomic E-state index is 0.0448. The molecule has 0 saturated carbocycles. The second-order valence-electron chi connectivity index (χ2n) is 6.92. The van der Waals surface area contributed by atoms with Crippen LogP contribution in [0.3, 0.4) is 0 Å². The number of carbonyl (C=O) groups is 1. The summed E-state index contributed by atoms with van der Waals surface area (Å²) in [7, 11) is -3.50. The van der Waals surface area contributed by atoms with Crippen LogP contribution in [-0.4, -0.2) is 37.8 Å². The van der Waals surface area contributed by atoms with Crippen LogP contribution in [0.2, 0.25) is 0 Å². The van der Waals surface area contributed by atoms with Crippen molar-refractivity contribution in [3.8, 4) is 0 Å². The molecule has 3 rings (SSSR count). The molecule has 0 atom stereocenters. The molecule has 0 radical (unpaired) electrons. The Morgan fingerprint density at radius 2 is 1.74 bits per heavy atom. The molecule has 2 aromatic carbocycles. The normalized spacial score (nSPS) is 16.3. The van der Waals surface area contributed by atoms with E-state index < -0.39 is 10.0 Å². The van der Waals surface area contributed by atoms with Crippen molar-refractivity contribution in [2.24, 2.45) is 0 Å². The molecule has 27 heavy (non-hydrogen) atoms. The van der Waals surface area contributed by atoms with Crippen molar-refractivity contribution < 1.29 is 13.2 Å².